The van der Waals surface area contributed by atoms with Gasteiger partial charge in [0, 0.05) is 6.42 Å². The first-order valence-electron chi connectivity index (χ1n) is 6.60. The van der Waals surface area contributed by atoms with Crippen LogP contribution in [0.4, 0.5) is 0 Å². The Labute approximate surface area is 113 Å². The lowest BCUT2D eigenvalue weighted by Gasteiger charge is -2.20. The monoisotopic (exact) mass is 263 g/mol. The summed E-state index contributed by atoms with van der Waals surface area (Å²) < 4.78 is 0. The zero-order valence-corrected chi connectivity index (χ0v) is 11.4. The predicted octanol–water partition coefficient (Wildman–Crippen LogP) is 2.23. The first kappa shape index (κ1) is 15.2. The summed E-state index contributed by atoms with van der Waals surface area (Å²) in [5, 5.41) is 11.7. The van der Waals surface area contributed by atoms with E-state index in [1.807, 2.05) is 44.2 Å². The molecule has 0 aliphatic heterocycles. The summed E-state index contributed by atoms with van der Waals surface area (Å²) in [6, 6.07) is 8.88. The summed E-state index contributed by atoms with van der Waals surface area (Å²) in [6.45, 7) is 3.74. The van der Waals surface area contributed by atoms with Gasteiger partial charge >= 0.3 is 5.97 Å². The van der Waals surface area contributed by atoms with Gasteiger partial charge in [-0.05, 0) is 17.9 Å². The average molecular weight is 263 g/mol. The van der Waals surface area contributed by atoms with Gasteiger partial charge in [-0.25, -0.2) is 4.79 Å². The number of nitrogens with one attached hydrogen (secondary N) is 1. The van der Waals surface area contributed by atoms with Crippen LogP contribution in [-0.4, -0.2) is 23.0 Å². The lowest BCUT2D eigenvalue weighted by atomic mass is 9.99. The van der Waals surface area contributed by atoms with E-state index in [1.165, 1.54) is 0 Å². The Hall–Kier alpha value is -1.84. The number of hydrogen-bond acceptors (Lipinski definition) is 2. The number of carbonyl (C=O) groups is 2. The van der Waals surface area contributed by atoms with E-state index in [9.17, 15) is 9.59 Å². The van der Waals surface area contributed by atoms with E-state index in [0.29, 0.717) is 12.8 Å². The van der Waals surface area contributed by atoms with Gasteiger partial charge in [0.2, 0.25) is 5.91 Å². The summed E-state index contributed by atoms with van der Waals surface area (Å²) in [7, 11) is 0. The quantitative estimate of drug-likeness (QED) is 0.792. The Morgan fingerprint density at radius 1 is 1.26 bits per heavy atom. The molecule has 4 heteroatoms. The van der Waals surface area contributed by atoms with Crippen molar-refractivity contribution in [1.82, 2.24) is 5.32 Å². The zero-order chi connectivity index (χ0) is 14.3. The van der Waals surface area contributed by atoms with Crippen LogP contribution in [0.25, 0.3) is 0 Å². The highest BCUT2D eigenvalue weighted by Gasteiger charge is 2.24. The highest BCUT2D eigenvalue weighted by atomic mass is 16.4. The minimum Gasteiger partial charge on any atom is -0.480 e. The maximum atomic E-state index is 11.8. The van der Waals surface area contributed by atoms with Crippen LogP contribution in [0.15, 0.2) is 30.3 Å². The fraction of sp³-hybridized carbons (Fsp3) is 0.467. The third-order valence-corrected chi connectivity index (χ3v) is 3.28. The molecule has 0 fully saturated rings. The van der Waals surface area contributed by atoms with Crippen molar-refractivity contribution in [1.29, 1.82) is 0 Å². The molecule has 0 aliphatic rings. The number of carbonyl (C=O) groups excluding carboxylic acids is 1. The standard InChI is InChI=1S/C15H21NO3/c1-3-11(2)14(15(18)19)16-13(17)10-9-12-7-5-4-6-8-12/h4-8,11,14H,3,9-10H2,1-2H3,(H,16,17)(H,18,19)/t11-,14+/m1/s1. The largest absolute Gasteiger partial charge is 0.480 e. The molecule has 4 nitrogen and oxygen atoms in total. The van der Waals surface area contributed by atoms with Gasteiger partial charge in [-0.15, -0.1) is 0 Å². The second-order valence-corrected chi connectivity index (χ2v) is 4.75. The lowest BCUT2D eigenvalue weighted by Crippen LogP contribution is -2.45. The molecule has 2 N–H and O–H groups in total. The van der Waals surface area contributed by atoms with Crippen LogP contribution >= 0.6 is 0 Å². The first-order chi connectivity index (χ1) is 9.04. The number of amides is 1. The first-order valence-corrected chi connectivity index (χ1v) is 6.60. The zero-order valence-electron chi connectivity index (χ0n) is 11.4. The topological polar surface area (TPSA) is 66.4 Å². The molecule has 0 unspecified atom stereocenters. The number of benzene rings is 1. The highest BCUT2D eigenvalue weighted by Crippen LogP contribution is 2.09. The molecule has 0 bridgehead atoms. The Kier molecular flexibility index (Phi) is 6.06. The number of carboxylic acids is 1. The van der Waals surface area contributed by atoms with E-state index in [1.54, 1.807) is 0 Å². The Morgan fingerprint density at radius 3 is 2.42 bits per heavy atom. The molecule has 1 rings (SSSR count). The summed E-state index contributed by atoms with van der Waals surface area (Å²) in [5.74, 6) is -1.25. The van der Waals surface area contributed by atoms with Gasteiger partial charge in [-0.3, -0.25) is 4.79 Å². The maximum absolute atomic E-state index is 11.8. The van der Waals surface area contributed by atoms with Crippen molar-refractivity contribution in [2.24, 2.45) is 5.92 Å². The van der Waals surface area contributed by atoms with Gasteiger partial charge in [0.1, 0.15) is 6.04 Å². The molecule has 1 amide bonds. The molecule has 0 radical (unpaired) electrons. The number of rotatable bonds is 7. The van der Waals surface area contributed by atoms with Gasteiger partial charge in [-0.2, -0.15) is 0 Å². The van der Waals surface area contributed by atoms with Gasteiger partial charge in [0.15, 0.2) is 0 Å². The molecule has 1 aromatic carbocycles. The molecule has 0 heterocycles. The van der Waals surface area contributed by atoms with E-state index in [0.717, 1.165) is 12.0 Å². The van der Waals surface area contributed by atoms with Crippen LogP contribution in [0, 0.1) is 5.92 Å². The maximum Gasteiger partial charge on any atom is 0.326 e. The lowest BCUT2D eigenvalue weighted by molar-refractivity contribution is -0.143. The second kappa shape index (κ2) is 7.56. The Balaban J connectivity index is 2.47. The molecular formula is C15H21NO3. The minimum atomic E-state index is -0.970. The second-order valence-electron chi connectivity index (χ2n) is 4.75. The molecule has 0 spiro atoms. The van der Waals surface area contributed by atoms with Crippen LogP contribution < -0.4 is 5.32 Å². The van der Waals surface area contributed by atoms with E-state index in [-0.39, 0.29) is 11.8 Å². The van der Waals surface area contributed by atoms with Crippen molar-refractivity contribution in [3.63, 3.8) is 0 Å². The highest BCUT2D eigenvalue weighted by molar-refractivity contribution is 5.83. The minimum absolute atomic E-state index is 0.0711. The average Bonchev–Trinajstić information content (AvgIpc) is 2.42. The number of aliphatic carboxylic acids is 1. The summed E-state index contributed by atoms with van der Waals surface area (Å²) >= 11 is 0. The fourth-order valence-corrected chi connectivity index (χ4v) is 1.83. The number of hydrogen-bond donors (Lipinski definition) is 2. The van der Waals surface area contributed by atoms with Crippen molar-refractivity contribution in [3.05, 3.63) is 35.9 Å². The van der Waals surface area contributed by atoms with E-state index in [4.69, 9.17) is 5.11 Å². The van der Waals surface area contributed by atoms with Gasteiger partial charge < -0.3 is 10.4 Å². The van der Waals surface area contributed by atoms with Crippen LogP contribution in [0.1, 0.15) is 32.3 Å². The third kappa shape index (κ3) is 5.12. The molecule has 2 atom stereocenters. The van der Waals surface area contributed by atoms with Crippen LogP contribution in [0.5, 0.6) is 0 Å². The van der Waals surface area contributed by atoms with E-state index < -0.39 is 12.0 Å². The molecule has 104 valence electrons. The van der Waals surface area contributed by atoms with Crippen molar-refractivity contribution in [2.75, 3.05) is 0 Å². The summed E-state index contributed by atoms with van der Waals surface area (Å²) in [6.07, 6.45) is 1.65. The normalized spacial score (nSPS) is 13.6. The molecule has 0 saturated heterocycles. The summed E-state index contributed by atoms with van der Waals surface area (Å²) in [5.41, 5.74) is 1.08. The van der Waals surface area contributed by atoms with Crippen molar-refractivity contribution in [2.45, 2.75) is 39.2 Å². The third-order valence-electron chi connectivity index (χ3n) is 3.28. The SMILES string of the molecule is CC[C@@H](C)[C@H](NC(=O)CCc1ccccc1)C(=O)O. The van der Waals surface area contributed by atoms with Crippen LogP contribution in [0.2, 0.25) is 0 Å². The van der Waals surface area contributed by atoms with Crippen LogP contribution in [-0.2, 0) is 16.0 Å². The van der Waals surface area contributed by atoms with Crippen LogP contribution in [0.3, 0.4) is 0 Å². The smallest absolute Gasteiger partial charge is 0.326 e. The Morgan fingerprint density at radius 2 is 1.89 bits per heavy atom. The molecular weight excluding hydrogens is 242 g/mol. The van der Waals surface area contributed by atoms with Crippen molar-refractivity contribution in [3.8, 4) is 0 Å². The van der Waals surface area contributed by atoms with Crippen molar-refractivity contribution >= 4 is 11.9 Å². The van der Waals surface area contributed by atoms with Crippen molar-refractivity contribution < 1.29 is 14.7 Å². The molecule has 19 heavy (non-hydrogen) atoms. The molecule has 0 aliphatic carbocycles. The Bertz CT molecular complexity index is 417. The number of aryl methyl sites for hydroxylation is 1. The van der Waals surface area contributed by atoms with E-state index in [2.05, 4.69) is 5.32 Å². The molecule has 0 aromatic heterocycles. The molecule has 1 aromatic rings. The van der Waals surface area contributed by atoms with Gasteiger partial charge in [0.25, 0.3) is 0 Å². The predicted molar refractivity (Wildman–Crippen MR) is 73.8 cm³/mol. The molecule has 0 saturated carbocycles. The van der Waals surface area contributed by atoms with Gasteiger partial charge in [0.05, 0.1) is 0 Å². The number of carboxylic acid groups (broad SMARTS) is 1. The van der Waals surface area contributed by atoms with Gasteiger partial charge in [-0.1, -0.05) is 50.6 Å². The van der Waals surface area contributed by atoms with E-state index >= 15 is 0 Å². The fourth-order valence-electron chi connectivity index (χ4n) is 1.83. The summed E-state index contributed by atoms with van der Waals surface area (Å²) in [4.78, 5) is 22.9.